The molecule has 0 spiro atoms. The van der Waals surface area contributed by atoms with Gasteiger partial charge < -0.3 is 19.4 Å². The van der Waals surface area contributed by atoms with Gasteiger partial charge in [0.15, 0.2) is 0 Å². The minimum Gasteiger partial charge on any atom is -0.497 e. The highest BCUT2D eigenvalue weighted by Crippen LogP contribution is 2.23. The maximum atomic E-state index is 5.32. The third kappa shape index (κ3) is 3.65. The molecule has 0 aliphatic rings. The second-order valence-corrected chi connectivity index (χ2v) is 5.10. The summed E-state index contributed by atoms with van der Waals surface area (Å²) in [6.45, 7) is 6.73. The molecular weight excluding hydrogens is 264 g/mol. The van der Waals surface area contributed by atoms with E-state index >= 15 is 0 Å². The standard InChI is InChI=1S/C17H24N2O2/c1-13-10-15(12-18-8-9-20-3)14(2)19(13)16-6-5-7-17(11-16)21-4/h5-7,10-11,18H,8-9,12H2,1-4H3. The lowest BCUT2D eigenvalue weighted by Gasteiger charge is -2.11. The summed E-state index contributed by atoms with van der Waals surface area (Å²) < 4.78 is 12.6. The van der Waals surface area contributed by atoms with Gasteiger partial charge >= 0.3 is 0 Å². The van der Waals surface area contributed by atoms with Crippen molar-refractivity contribution in [2.75, 3.05) is 27.4 Å². The van der Waals surface area contributed by atoms with Gasteiger partial charge in [0, 0.05) is 43.3 Å². The average molecular weight is 288 g/mol. The molecule has 0 aliphatic carbocycles. The molecule has 0 atom stereocenters. The molecule has 0 saturated carbocycles. The molecule has 0 aliphatic heterocycles. The predicted molar refractivity (Wildman–Crippen MR) is 85.4 cm³/mol. The van der Waals surface area contributed by atoms with Gasteiger partial charge in [-0.15, -0.1) is 0 Å². The maximum absolute atomic E-state index is 5.32. The Morgan fingerprint density at radius 2 is 1.95 bits per heavy atom. The van der Waals surface area contributed by atoms with Crippen molar-refractivity contribution in [3.63, 3.8) is 0 Å². The van der Waals surface area contributed by atoms with Crippen LogP contribution in [-0.2, 0) is 11.3 Å². The molecule has 0 saturated heterocycles. The number of aromatic nitrogens is 1. The van der Waals surface area contributed by atoms with Gasteiger partial charge in [-0.05, 0) is 37.6 Å². The van der Waals surface area contributed by atoms with Gasteiger partial charge in [0.2, 0.25) is 0 Å². The summed E-state index contributed by atoms with van der Waals surface area (Å²) >= 11 is 0. The molecule has 4 nitrogen and oxygen atoms in total. The summed E-state index contributed by atoms with van der Waals surface area (Å²) in [5, 5.41) is 3.39. The topological polar surface area (TPSA) is 35.4 Å². The lowest BCUT2D eigenvalue weighted by Crippen LogP contribution is -2.18. The second-order valence-electron chi connectivity index (χ2n) is 5.10. The monoisotopic (exact) mass is 288 g/mol. The quantitative estimate of drug-likeness (QED) is 0.796. The van der Waals surface area contributed by atoms with E-state index in [0.717, 1.165) is 31.1 Å². The fraction of sp³-hybridized carbons (Fsp3) is 0.412. The molecular formula is C17H24N2O2. The molecule has 21 heavy (non-hydrogen) atoms. The van der Waals surface area contributed by atoms with Crippen LogP contribution in [0.5, 0.6) is 5.75 Å². The molecule has 2 aromatic rings. The van der Waals surface area contributed by atoms with Gasteiger partial charge in [0.25, 0.3) is 0 Å². The highest BCUT2D eigenvalue weighted by Gasteiger charge is 2.10. The summed E-state index contributed by atoms with van der Waals surface area (Å²) in [5.41, 5.74) is 4.92. The zero-order chi connectivity index (χ0) is 15.2. The van der Waals surface area contributed by atoms with Crippen molar-refractivity contribution in [3.8, 4) is 11.4 Å². The SMILES string of the molecule is COCCNCc1cc(C)n(-c2cccc(OC)c2)c1C. The Labute approximate surface area is 126 Å². The Kier molecular flexibility index (Phi) is 5.42. The molecule has 114 valence electrons. The van der Waals surface area contributed by atoms with Crippen molar-refractivity contribution >= 4 is 0 Å². The fourth-order valence-electron chi connectivity index (χ4n) is 2.55. The van der Waals surface area contributed by atoms with E-state index in [1.165, 1.54) is 17.0 Å². The fourth-order valence-corrected chi connectivity index (χ4v) is 2.55. The van der Waals surface area contributed by atoms with Crippen molar-refractivity contribution in [1.82, 2.24) is 9.88 Å². The Balaban J connectivity index is 2.22. The summed E-state index contributed by atoms with van der Waals surface area (Å²) in [6, 6.07) is 10.4. The number of nitrogens with one attached hydrogen (secondary N) is 1. The minimum absolute atomic E-state index is 0.731. The highest BCUT2D eigenvalue weighted by molar-refractivity contribution is 5.44. The first-order valence-electron chi connectivity index (χ1n) is 7.19. The molecule has 0 amide bonds. The maximum Gasteiger partial charge on any atom is 0.120 e. The van der Waals surface area contributed by atoms with Crippen molar-refractivity contribution < 1.29 is 9.47 Å². The number of benzene rings is 1. The molecule has 1 aromatic carbocycles. The summed E-state index contributed by atoms with van der Waals surface area (Å²) in [4.78, 5) is 0. The van der Waals surface area contributed by atoms with Crippen LogP contribution in [0.25, 0.3) is 5.69 Å². The van der Waals surface area contributed by atoms with E-state index < -0.39 is 0 Å². The molecule has 2 rings (SSSR count). The smallest absolute Gasteiger partial charge is 0.120 e. The van der Waals surface area contributed by atoms with Crippen LogP contribution in [0.15, 0.2) is 30.3 Å². The molecule has 0 bridgehead atoms. The van der Waals surface area contributed by atoms with Crippen molar-refractivity contribution in [1.29, 1.82) is 0 Å². The Morgan fingerprint density at radius 1 is 1.14 bits per heavy atom. The van der Waals surface area contributed by atoms with E-state index in [2.05, 4.69) is 41.9 Å². The van der Waals surface area contributed by atoms with E-state index in [0.29, 0.717) is 0 Å². The van der Waals surface area contributed by atoms with Crippen LogP contribution in [-0.4, -0.2) is 31.9 Å². The first-order chi connectivity index (χ1) is 10.2. The third-order valence-electron chi connectivity index (χ3n) is 3.65. The number of aryl methyl sites for hydroxylation is 1. The number of methoxy groups -OCH3 is 2. The van der Waals surface area contributed by atoms with Crippen LogP contribution in [0.2, 0.25) is 0 Å². The van der Waals surface area contributed by atoms with Crippen LogP contribution >= 0.6 is 0 Å². The third-order valence-corrected chi connectivity index (χ3v) is 3.65. The molecule has 1 aromatic heterocycles. The van der Waals surface area contributed by atoms with E-state index in [1.54, 1.807) is 14.2 Å². The zero-order valence-corrected chi connectivity index (χ0v) is 13.3. The predicted octanol–water partition coefficient (Wildman–Crippen LogP) is 2.84. The van der Waals surface area contributed by atoms with Crippen LogP contribution < -0.4 is 10.1 Å². The molecule has 1 N–H and O–H groups in total. The van der Waals surface area contributed by atoms with E-state index in [-0.39, 0.29) is 0 Å². The number of nitrogens with zero attached hydrogens (tertiary/aromatic N) is 1. The summed E-state index contributed by atoms with van der Waals surface area (Å²) in [5.74, 6) is 0.875. The average Bonchev–Trinajstić information content (AvgIpc) is 2.78. The zero-order valence-electron chi connectivity index (χ0n) is 13.3. The first-order valence-corrected chi connectivity index (χ1v) is 7.19. The summed E-state index contributed by atoms with van der Waals surface area (Å²) in [6.07, 6.45) is 0. The molecule has 1 heterocycles. The number of hydrogen-bond acceptors (Lipinski definition) is 3. The largest absolute Gasteiger partial charge is 0.497 e. The molecule has 4 heteroatoms. The lowest BCUT2D eigenvalue weighted by molar-refractivity contribution is 0.199. The Bertz CT molecular complexity index is 590. The Hall–Kier alpha value is -1.78. The van der Waals surface area contributed by atoms with Crippen molar-refractivity contribution in [3.05, 3.63) is 47.3 Å². The molecule has 0 unspecified atom stereocenters. The molecule has 0 radical (unpaired) electrons. The van der Waals surface area contributed by atoms with E-state index in [9.17, 15) is 0 Å². The highest BCUT2D eigenvalue weighted by atomic mass is 16.5. The minimum atomic E-state index is 0.731. The van der Waals surface area contributed by atoms with E-state index in [4.69, 9.17) is 9.47 Å². The second kappa shape index (κ2) is 7.29. The van der Waals surface area contributed by atoms with Gasteiger partial charge in [-0.25, -0.2) is 0 Å². The first kappa shape index (κ1) is 15.6. The van der Waals surface area contributed by atoms with Gasteiger partial charge in [-0.3, -0.25) is 0 Å². The Morgan fingerprint density at radius 3 is 2.67 bits per heavy atom. The van der Waals surface area contributed by atoms with Crippen LogP contribution in [0.1, 0.15) is 17.0 Å². The lowest BCUT2D eigenvalue weighted by atomic mass is 10.2. The summed E-state index contributed by atoms with van der Waals surface area (Å²) in [7, 11) is 3.41. The normalized spacial score (nSPS) is 10.9. The number of ether oxygens (including phenoxy) is 2. The number of hydrogen-bond donors (Lipinski definition) is 1. The van der Waals surface area contributed by atoms with Crippen LogP contribution in [0.3, 0.4) is 0 Å². The van der Waals surface area contributed by atoms with E-state index in [1.807, 2.05) is 12.1 Å². The van der Waals surface area contributed by atoms with Crippen molar-refractivity contribution in [2.45, 2.75) is 20.4 Å². The van der Waals surface area contributed by atoms with Gasteiger partial charge in [0.1, 0.15) is 5.75 Å². The van der Waals surface area contributed by atoms with Crippen LogP contribution in [0.4, 0.5) is 0 Å². The van der Waals surface area contributed by atoms with Gasteiger partial charge in [-0.1, -0.05) is 6.07 Å². The number of rotatable bonds is 7. The van der Waals surface area contributed by atoms with Gasteiger partial charge in [0.05, 0.1) is 13.7 Å². The van der Waals surface area contributed by atoms with Gasteiger partial charge in [-0.2, -0.15) is 0 Å². The molecule has 0 fully saturated rings. The van der Waals surface area contributed by atoms with Crippen LogP contribution in [0, 0.1) is 13.8 Å². The van der Waals surface area contributed by atoms with Crippen molar-refractivity contribution in [2.24, 2.45) is 0 Å².